The maximum absolute atomic E-state index is 12.3. The van der Waals surface area contributed by atoms with Crippen molar-refractivity contribution in [1.29, 1.82) is 0 Å². The predicted octanol–water partition coefficient (Wildman–Crippen LogP) is 5.81. The molecule has 0 unspecified atom stereocenters. The molecule has 3 aromatic carbocycles. The number of ether oxygens (including phenoxy) is 1. The minimum absolute atomic E-state index is 0.175. The van der Waals surface area contributed by atoms with E-state index in [9.17, 15) is 4.79 Å². The molecule has 124 valence electrons. The van der Waals surface area contributed by atoms with Crippen molar-refractivity contribution in [2.75, 3.05) is 0 Å². The van der Waals surface area contributed by atoms with Crippen LogP contribution in [-0.2, 0) is 11.2 Å². The van der Waals surface area contributed by atoms with Crippen LogP contribution in [-0.4, -0.2) is 5.97 Å². The Morgan fingerprint density at radius 3 is 2.72 bits per heavy atom. The fraction of sp³-hybridized carbons (Fsp3) is 0.0952. The van der Waals surface area contributed by atoms with E-state index in [0.717, 1.165) is 37.3 Å². The Kier molecular flexibility index (Phi) is 4.06. The monoisotopic (exact) mass is 394 g/mol. The van der Waals surface area contributed by atoms with Crippen LogP contribution in [0.25, 0.3) is 21.7 Å². The number of aryl methyl sites for hydroxylation is 1. The van der Waals surface area contributed by atoms with Crippen molar-refractivity contribution in [3.05, 3.63) is 76.5 Å². The van der Waals surface area contributed by atoms with Gasteiger partial charge in [0.2, 0.25) is 0 Å². The Hall–Kier alpha value is -2.59. The lowest BCUT2D eigenvalue weighted by Gasteiger charge is -2.06. The number of furan rings is 1. The zero-order valence-corrected chi connectivity index (χ0v) is 15.2. The molecule has 0 N–H and O–H groups in total. The van der Waals surface area contributed by atoms with E-state index in [-0.39, 0.29) is 12.4 Å². The number of esters is 1. The minimum atomic E-state index is -0.306. The van der Waals surface area contributed by atoms with Gasteiger partial charge < -0.3 is 9.15 Å². The van der Waals surface area contributed by atoms with E-state index in [1.165, 1.54) is 0 Å². The van der Waals surface area contributed by atoms with Gasteiger partial charge in [0, 0.05) is 15.4 Å². The lowest BCUT2D eigenvalue weighted by molar-refractivity contribution is -0.133. The van der Waals surface area contributed by atoms with Crippen LogP contribution < -0.4 is 4.74 Å². The third-order valence-electron chi connectivity index (χ3n) is 4.15. The van der Waals surface area contributed by atoms with Crippen LogP contribution in [0.1, 0.15) is 11.1 Å². The van der Waals surface area contributed by atoms with Gasteiger partial charge in [-0.2, -0.15) is 0 Å². The summed E-state index contributed by atoms with van der Waals surface area (Å²) in [5.74, 6) is 0.239. The smallest absolute Gasteiger partial charge is 0.315 e. The van der Waals surface area contributed by atoms with Crippen LogP contribution in [0, 0.1) is 6.92 Å². The van der Waals surface area contributed by atoms with E-state index in [4.69, 9.17) is 9.15 Å². The fourth-order valence-electron chi connectivity index (χ4n) is 2.91. The molecule has 0 radical (unpaired) electrons. The van der Waals surface area contributed by atoms with E-state index < -0.39 is 0 Å². The summed E-state index contributed by atoms with van der Waals surface area (Å²) < 4.78 is 12.1. The first-order valence-electron chi connectivity index (χ1n) is 7.95. The molecule has 0 aliphatic carbocycles. The molecule has 0 spiro atoms. The van der Waals surface area contributed by atoms with Gasteiger partial charge in [0.15, 0.2) is 0 Å². The first kappa shape index (κ1) is 15.9. The summed E-state index contributed by atoms with van der Waals surface area (Å²) in [5.41, 5.74) is 2.75. The van der Waals surface area contributed by atoms with Gasteiger partial charge in [-0.1, -0.05) is 40.2 Å². The Morgan fingerprint density at radius 1 is 1.04 bits per heavy atom. The third kappa shape index (κ3) is 3.30. The van der Waals surface area contributed by atoms with Crippen molar-refractivity contribution in [1.82, 2.24) is 0 Å². The highest BCUT2D eigenvalue weighted by molar-refractivity contribution is 9.10. The average Bonchev–Trinajstić information content (AvgIpc) is 2.96. The maximum Gasteiger partial charge on any atom is 0.315 e. The molecule has 0 aliphatic rings. The molecule has 1 aromatic heterocycles. The van der Waals surface area contributed by atoms with Gasteiger partial charge in [-0.3, -0.25) is 4.79 Å². The Morgan fingerprint density at radius 2 is 1.84 bits per heavy atom. The van der Waals surface area contributed by atoms with E-state index in [0.29, 0.717) is 5.75 Å². The molecule has 0 aliphatic heterocycles. The molecule has 0 amide bonds. The van der Waals surface area contributed by atoms with Crippen molar-refractivity contribution >= 4 is 43.6 Å². The molecule has 0 fully saturated rings. The largest absolute Gasteiger partial charge is 0.464 e. The van der Waals surface area contributed by atoms with Crippen LogP contribution >= 0.6 is 15.9 Å². The topological polar surface area (TPSA) is 39.4 Å². The standard InChI is InChI=1S/C21H15BrO3/c1-13-2-7-19-16(12-24-20(19)8-13)11-21(23)25-18-6-4-14-9-17(22)5-3-15(14)10-18/h2-10,12H,11H2,1H3. The summed E-state index contributed by atoms with van der Waals surface area (Å²) in [7, 11) is 0. The van der Waals surface area contributed by atoms with Crippen LogP contribution in [0.4, 0.5) is 0 Å². The fourth-order valence-corrected chi connectivity index (χ4v) is 3.29. The summed E-state index contributed by atoms with van der Waals surface area (Å²) in [6, 6.07) is 17.6. The molecule has 0 atom stereocenters. The SMILES string of the molecule is Cc1ccc2c(CC(=O)Oc3ccc4cc(Br)ccc4c3)coc2c1. The van der Waals surface area contributed by atoms with Crippen LogP contribution in [0.2, 0.25) is 0 Å². The zero-order chi connectivity index (χ0) is 17.4. The summed E-state index contributed by atoms with van der Waals surface area (Å²) in [4.78, 5) is 12.3. The lowest BCUT2D eigenvalue weighted by atomic mass is 10.1. The first-order valence-corrected chi connectivity index (χ1v) is 8.74. The molecule has 4 rings (SSSR count). The van der Waals surface area contributed by atoms with Gasteiger partial charge in [-0.25, -0.2) is 0 Å². The number of carbonyl (C=O) groups is 1. The van der Waals surface area contributed by atoms with Gasteiger partial charge in [0.1, 0.15) is 11.3 Å². The molecular weight excluding hydrogens is 380 g/mol. The highest BCUT2D eigenvalue weighted by Gasteiger charge is 2.12. The number of halogens is 1. The van der Waals surface area contributed by atoms with Gasteiger partial charge in [-0.05, 0) is 53.6 Å². The first-order chi connectivity index (χ1) is 12.1. The third-order valence-corrected chi connectivity index (χ3v) is 4.64. The molecule has 0 saturated heterocycles. The quantitative estimate of drug-likeness (QED) is 0.325. The molecule has 3 nitrogen and oxygen atoms in total. The average molecular weight is 395 g/mol. The summed E-state index contributed by atoms with van der Waals surface area (Å²) in [6.07, 6.45) is 1.80. The maximum atomic E-state index is 12.3. The lowest BCUT2D eigenvalue weighted by Crippen LogP contribution is -2.10. The Balaban J connectivity index is 1.54. The number of carbonyl (C=O) groups excluding carboxylic acids is 1. The van der Waals surface area contributed by atoms with Crippen LogP contribution in [0.3, 0.4) is 0 Å². The van der Waals surface area contributed by atoms with E-state index in [1.807, 2.05) is 61.5 Å². The molecule has 0 saturated carbocycles. The number of benzene rings is 3. The van der Waals surface area contributed by atoms with Crippen molar-refractivity contribution in [2.24, 2.45) is 0 Å². The van der Waals surface area contributed by atoms with E-state index in [1.54, 1.807) is 6.26 Å². The van der Waals surface area contributed by atoms with Gasteiger partial charge in [-0.15, -0.1) is 0 Å². The molecule has 4 aromatic rings. The molecule has 0 bridgehead atoms. The minimum Gasteiger partial charge on any atom is -0.464 e. The van der Waals surface area contributed by atoms with Crippen molar-refractivity contribution in [2.45, 2.75) is 13.3 Å². The van der Waals surface area contributed by atoms with Gasteiger partial charge >= 0.3 is 5.97 Å². The van der Waals surface area contributed by atoms with Gasteiger partial charge in [0.05, 0.1) is 12.7 Å². The number of hydrogen-bond acceptors (Lipinski definition) is 3. The normalized spacial score (nSPS) is 11.1. The highest BCUT2D eigenvalue weighted by atomic mass is 79.9. The van der Waals surface area contributed by atoms with Crippen molar-refractivity contribution < 1.29 is 13.9 Å². The second-order valence-corrected chi connectivity index (χ2v) is 6.98. The summed E-state index contributed by atoms with van der Waals surface area (Å²) in [6.45, 7) is 2.01. The van der Waals surface area contributed by atoms with Gasteiger partial charge in [0.25, 0.3) is 0 Å². The van der Waals surface area contributed by atoms with Crippen molar-refractivity contribution in [3.8, 4) is 5.75 Å². The number of hydrogen-bond donors (Lipinski definition) is 0. The Labute approximate surface area is 153 Å². The Bertz CT molecular complexity index is 1090. The second kappa shape index (κ2) is 6.37. The molecule has 4 heteroatoms. The van der Waals surface area contributed by atoms with E-state index >= 15 is 0 Å². The van der Waals surface area contributed by atoms with E-state index in [2.05, 4.69) is 15.9 Å². The van der Waals surface area contributed by atoms with Crippen LogP contribution in [0.5, 0.6) is 5.75 Å². The number of rotatable bonds is 3. The molecule has 25 heavy (non-hydrogen) atoms. The summed E-state index contributed by atoms with van der Waals surface area (Å²) in [5, 5.41) is 3.06. The van der Waals surface area contributed by atoms with Crippen molar-refractivity contribution in [3.63, 3.8) is 0 Å². The second-order valence-electron chi connectivity index (χ2n) is 6.06. The highest BCUT2D eigenvalue weighted by Crippen LogP contribution is 2.26. The molecular formula is C21H15BrO3. The predicted molar refractivity (Wildman–Crippen MR) is 102 cm³/mol. The summed E-state index contributed by atoms with van der Waals surface area (Å²) >= 11 is 3.45. The van der Waals surface area contributed by atoms with Crippen LogP contribution in [0.15, 0.2) is 69.8 Å². The molecule has 1 heterocycles. The zero-order valence-electron chi connectivity index (χ0n) is 13.6. The number of fused-ring (bicyclic) bond motifs is 2.